The second-order valence-electron chi connectivity index (χ2n) is 4.63. The minimum atomic E-state index is -0.845. The first kappa shape index (κ1) is 14.5. The number of nitrogens with zero attached hydrogens (tertiary/aromatic N) is 3. The molecule has 0 saturated heterocycles. The molecule has 0 unspecified atom stereocenters. The molecule has 5 nitrogen and oxygen atoms in total. The van der Waals surface area contributed by atoms with Crippen LogP contribution in [0.25, 0.3) is 5.69 Å². The Kier molecular flexibility index (Phi) is 4.34. The first-order valence-corrected chi connectivity index (χ1v) is 7.14. The van der Waals surface area contributed by atoms with Crippen LogP contribution in [-0.2, 0) is 4.79 Å². The van der Waals surface area contributed by atoms with Crippen molar-refractivity contribution in [1.82, 2.24) is 9.55 Å². The van der Waals surface area contributed by atoms with Crippen LogP contribution in [-0.4, -0.2) is 40.5 Å². The Labute approximate surface area is 122 Å². The fourth-order valence-corrected chi connectivity index (χ4v) is 2.64. The largest absolute Gasteiger partial charge is 0.481 e. The van der Waals surface area contributed by atoms with Gasteiger partial charge in [0.1, 0.15) is 0 Å². The summed E-state index contributed by atoms with van der Waals surface area (Å²) in [6.07, 6.45) is 3.52. The van der Waals surface area contributed by atoms with Crippen molar-refractivity contribution in [2.24, 2.45) is 0 Å². The van der Waals surface area contributed by atoms with Gasteiger partial charge in [-0.05, 0) is 24.6 Å². The number of carboxylic acids is 1. The number of thioether (sulfide) groups is 1. The molecule has 20 heavy (non-hydrogen) atoms. The van der Waals surface area contributed by atoms with E-state index in [0.29, 0.717) is 5.16 Å². The lowest BCUT2D eigenvalue weighted by molar-refractivity contribution is -0.133. The molecule has 0 amide bonds. The lowest BCUT2D eigenvalue weighted by atomic mass is 10.1. The summed E-state index contributed by atoms with van der Waals surface area (Å²) in [6, 6.07) is 6.13. The molecule has 0 bridgehead atoms. The molecule has 106 valence electrons. The van der Waals surface area contributed by atoms with Crippen LogP contribution in [0.15, 0.2) is 35.7 Å². The number of aromatic nitrogens is 2. The first-order valence-electron chi connectivity index (χ1n) is 6.15. The number of carbonyl (C=O) groups is 1. The number of carboxylic acid groups (broad SMARTS) is 1. The maximum Gasteiger partial charge on any atom is 0.313 e. The van der Waals surface area contributed by atoms with Crippen molar-refractivity contribution in [1.29, 1.82) is 0 Å². The zero-order valence-corrected chi connectivity index (χ0v) is 12.5. The third kappa shape index (κ3) is 3.14. The van der Waals surface area contributed by atoms with Crippen LogP contribution in [0.3, 0.4) is 0 Å². The highest BCUT2D eigenvalue weighted by Gasteiger charge is 2.10. The van der Waals surface area contributed by atoms with Gasteiger partial charge in [-0.15, -0.1) is 0 Å². The first-order chi connectivity index (χ1) is 9.49. The van der Waals surface area contributed by atoms with Crippen LogP contribution >= 0.6 is 11.8 Å². The van der Waals surface area contributed by atoms with Crippen LogP contribution in [0.4, 0.5) is 5.69 Å². The van der Waals surface area contributed by atoms with Gasteiger partial charge in [-0.2, -0.15) is 0 Å². The molecule has 0 saturated carbocycles. The molecule has 0 aliphatic carbocycles. The topological polar surface area (TPSA) is 58.4 Å². The number of aliphatic carboxylic acids is 1. The maximum absolute atomic E-state index is 10.7. The molecular formula is C14H17N3O2S. The predicted molar refractivity (Wildman–Crippen MR) is 81.0 cm³/mol. The SMILES string of the molecule is Cc1ccc(-n2ccnc2SCC(=O)O)cc1N(C)C. The van der Waals surface area contributed by atoms with Crippen LogP contribution in [0.1, 0.15) is 5.56 Å². The van der Waals surface area contributed by atoms with Crippen molar-refractivity contribution >= 4 is 23.4 Å². The summed E-state index contributed by atoms with van der Waals surface area (Å²) in [7, 11) is 4.00. The molecule has 0 fully saturated rings. The molecule has 0 atom stereocenters. The Balaban J connectivity index is 2.35. The van der Waals surface area contributed by atoms with Crippen molar-refractivity contribution in [3.05, 3.63) is 36.2 Å². The molecule has 0 aliphatic rings. The number of benzene rings is 1. The Bertz CT molecular complexity index is 623. The van der Waals surface area contributed by atoms with Crippen LogP contribution in [0, 0.1) is 6.92 Å². The summed E-state index contributed by atoms with van der Waals surface area (Å²) in [5.74, 6) is -0.842. The van der Waals surface area contributed by atoms with E-state index < -0.39 is 5.97 Å². The minimum Gasteiger partial charge on any atom is -0.481 e. The highest BCUT2D eigenvalue weighted by Crippen LogP contribution is 2.25. The summed E-state index contributed by atoms with van der Waals surface area (Å²) < 4.78 is 1.90. The van der Waals surface area contributed by atoms with E-state index in [4.69, 9.17) is 5.11 Å². The van der Waals surface area contributed by atoms with Gasteiger partial charge < -0.3 is 10.0 Å². The molecule has 1 heterocycles. The van der Waals surface area contributed by atoms with Crippen molar-refractivity contribution < 1.29 is 9.90 Å². The molecule has 1 aromatic carbocycles. The maximum atomic E-state index is 10.7. The lowest BCUT2D eigenvalue weighted by Crippen LogP contribution is -2.11. The monoisotopic (exact) mass is 291 g/mol. The van der Waals surface area contributed by atoms with E-state index in [1.54, 1.807) is 6.20 Å². The Morgan fingerprint density at radius 1 is 1.45 bits per heavy atom. The average molecular weight is 291 g/mol. The Morgan fingerprint density at radius 2 is 2.20 bits per heavy atom. The molecular weight excluding hydrogens is 274 g/mol. The predicted octanol–water partition coefficient (Wildman–Crippen LogP) is 2.42. The molecule has 2 aromatic rings. The molecule has 6 heteroatoms. The van der Waals surface area contributed by atoms with Crippen molar-refractivity contribution in [3.8, 4) is 5.69 Å². The van der Waals surface area contributed by atoms with Gasteiger partial charge in [0.25, 0.3) is 0 Å². The summed E-state index contributed by atoms with van der Waals surface area (Å²) in [5, 5.41) is 9.44. The standard InChI is InChI=1S/C14H17N3O2S/c1-10-4-5-11(8-12(10)16(2)3)17-7-6-15-14(17)20-9-13(18)19/h4-8H,9H2,1-3H3,(H,18,19). The van der Waals surface area contributed by atoms with Crippen LogP contribution in [0.5, 0.6) is 0 Å². The molecule has 0 spiro atoms. The molecule has 2 rings (SSSR count). The van der Waals surface area contributed by atoms with Gasteiger partial charge in [0.2, 0.25) is 0 Å². The number of hydrogen-bond acceptors (Lipinski definition) is 4. The van der Waals surface area contributed by atoms with E-state index in [2.05, 4.69) is 28.9 Å². The van der Waals surface area contributed by atoms with E-state index in [-0.39, 0.29) is 5.75 Å². The number of anilines is 1. The third-order valence-corrected chi connectivity index (χ3v) is 3.84. The lowest BCUT2D eigenvalue weighted by Gasteiger charge is -2.17. The normalized spacial score (nSPS) is 10.6. The summed E-state index contributed by atoms with van der Waals surface area (Å²) in [5.41, 5.74) is 3.30. The molecule has 1 N–H and O–H groups in total. The van der Waals surface area contributed by atoms with E-state index >= 15 is 0 Å². The van der Waals surface area contributed by atoms with E-state index in [1.807, 2.05) is 30.9 Å². The fourth-order valence-electron chi connectivity index (χ4n) is 1.95. The quantitative estimate of drug-likeness (QED) is 0.857. The van der Waals surface area contributed by atoms with Crippen molar-refractivity contribution in [3.63, 3.8) is 0 Å². The van der Waals surface area contributed by atoms with Gasteiger partial charge in [-0.25, -0.2) is 4.98 Å². The number of imidazole rings is 1. The number of hydrogen-bond donors (Lipinski definition) is 1. The van der Waals surface area contributed by atoms with E-state index in [1.165, 1.54) is 17.3 Å². The second-order valence-corrected chi connectivity index (χ2v) is 5.57. The van der Waals surface area contributed by atoms with E-state index in [9.17, 15) is 4.79 Å². The highest BCUT2D eigenvalue weighted by atomic mass is 32.2. The summed E-state index contributed by atoms with van der Waals surface area (Å²) in [6.45, 7) is 2.06. The number of aryl methyl sites for hydroxylation is 1. The Hall–Kier alpha value is -1.95. The van der Waals surface area contributed by atoms with Gasteiger partial charge in [-0.3, -0.25) is 9.36 Å². The smallest absolute Gasteiger partial charge is 0.313 e. The minimum absolute atomic E-state index is 0.00339. The van der Waals surface area contributed by atoms with Crippen LogP contribution in [0.2, 0.25) is 0 Å². The van der Waals surface area contributed by atoms with Gasteiger partial charge in [0.15, 0.2) is 5.16 Å². The zero-order chi connectivity index (χ0) is 14.7. The zero-order valence-electron chi connectivity index (χ0n) is 11.7. The molecule has 1 aromatic heterocycles. The van der Waals surface area contributed by atoms with Crippen molar-refractivity contribution in [2.45, 2.75) is 12.1 Å². The van der Waals surface area contributed by atoms with Crippen molar-refractivity contribution in [2.75, 3.05) is 24.7 Å². The second kappa shape index (κ2) is 6.00. The van der Waals surface area contributed by atoms with Gasteiger partial charge in [0, 0.05) is 37.9 Å². The average Bonchev–Trinajstić information content (AvgIpc) is 2.85. The van der Waals surface area contributed by atoms with E-state index in [0.717, 1.165) is 11.4 Å². The number of rotatable bonds is 5. The van der Waals surface area contributed by atoms with Gasteiger partial charge in [-0.1, -0.05) is 17.8 Å². The van der Waals surface area contributed by atoms with Gasteiger partial charge >= 0.3 is 5.97 Å². The third-order valence-electron chi connectivity index (χ3n) is 2.88. The fraction of sp³-hybridized carbons (Fsp3) is 0.286. The Morgan fingerprint density at radius 3 is 2.85 bits per heavy atom. The molecule has 0 radical (unpaired) electrons. The van der Waals surface area contributed by atoms with Gasteiger partial charge in [0.05, 0.1) is 5.75 Å². The summed E-state index contributed by atoms with van der Waals surface area (Å²) >= 11 is 1.21. The highest BCUT2D eigenvalue weighted by molar-refractivity contribution is 7.99. The van der Waals surface area contributed by atoms with Crippen LogP contribution < -0.4 is 4.90 Å². The summed E-state index contributed by atoms with van der Waals surface area (Å²) in [4.78, 5) is 16.9. The molecule has 0 aliphatic heterocycles.